The molecule has 9 nitrogen and oxygen atoms in total. The molecular formula is C38H31Cl2FN2O7. The van der Waals surface area contributed by atoms with Crippen LogP contribution in [-0.4, -0.2) is 52.7 Å². The number of alkyl halides is 2. The first kappa shape index (κ1) is 33.6. The van der Waals surface area contributed by atoms with Crippen molar-refractivity contribution in [1.82, 2.24) is 0 Å². The van der Waals surface area contributed by atoms with Gasteiger partial charge in [0.25, 0.3) is 11.8 Å². The predicted octanol–water partition coefficient (Wildman–Crippen LogP) is 6.51. The molecule has 2 aliphatic heterocycles. The van der Waals surface area contributed by atoms with E-state index in [1.807, 2.05) is 6.08 Å². The molecule has 0 spiro atoms. The zero-order valence-corrected chi connectivity index (χ0v) is 28.5. The Hall–Kier alpha value is -4.93. The maximum Gasteiger partial charge on any atom is 0.258 e. The monoisotopic (exact) mass is 716 g/mol. The Labute approximate surface area is 297 Å². The highest BCUT2D eigenvalue weighted by Gasteiger charge is 2.76. The molecule has 4 amide bonds. The van der Waals surface area contributed by atoms with E-state index < -0.39 is 57.0 Å². The molecule has 1 N–H and O–H groups in total. The number of amides is 4. The van der Waals surface area contributed by atoms with Gasteiger partial charge >= 0.3 is 0 Å². The average molecular weight is 718 g/mol. The highest BCUT2D eigenvalue weighted by Crippen LogP contribution is 2.63. The number of allylic oxidation sites excluding steroid dienone is 3. The second kappa shape index (κ2) is 12.1. The summed E-state index contributed by atoms with van der Waals surface area (Å²) in [7, 11) is 2.77. The highest BCUT2D eigenvalue weighted by molar-refractivity contribution is 6.58. The zero-order chi connectivity index (χ0) is 35.7. The number of phenols is 1. The molecule has 2 saturated heterocycles. The molecule has 4 aliphatic rings. The van der Waals surface area contributed by atoms with Crippen LogP contribution in [0.25, 0.3) is 12.2 Å². The van der Waals surface area contributed by atoms with Gasteiger partial charge in [0.05, 0.1) is 37.4 Å². The first-order valence-electron chi connectivity index (χ1n) is 15.9. The maximum absolute atomic E-state index is 14.5. The lowest BCUT2D eigenvalue weighted by Gasteiger charge is -2.49. The number of ether oxygens (including phenoxy) is 2. The normalized spacial score (nSPS) is 28.8. The highest BCUT2D eigenvalue weighted by atomic mass is 35.5. The molecule has 6 unspecified atom stereocenters. The number of carbonyl (C=O) groups is 4. The number of rotatable bonds is 7. The lowest BCUT2D eigenvalue weighted by atomic mass is 9.57. The van der Waals surface area contributed by atoms with Gasteiger partial charge in [-0.05, 0) is 78.4 Å². The van der Waals surface area contributed by atoms with Crippen molar-refractivity contribution in [2.45, 2.75) is 22.6 Å². The van der Waals surface area contributed by atoms with Crippen LogP contribution in [-0.2, 0) is 19.2 Å². The summed E-state index contributed by atoms with van der Waals surface area (Å²) in [4.78, 5) is 54.9. The Morgan fingerprint density at radius 2 is 1.46 bits per heavy atom. The van der Waals surface area contributed by atoms with Crippen molar-refractivity contribution in [3.8, 4) is 17.2 Å². The third kappa shape index (κ3) is 4.72. The Morgan fingerprint density at radius 3 is 2.06 bits per heavy atom. The molecule has 3 fully saturated rings. The van der Waals surface area contributed by atoms with Gasteiger partial charge in [-0.15, -0.1) is 23.2 Å². The number of hydrogen-bond acceptors (Lipinski definition) is 7. The van der Waals surface area contributed by atoms with E-state index in [2.05, 4.69) is 6.58 Å². The second-order valence-electron chi connectivity index (χ2n) is 12.7. The molecule has 0 aromatic heterocycles. The maximum atomic E-state index is 14.5. The molecule has 6 atom stereocenters. The van der Waals surface area contributed by atoms with E-state index >= 15 is 0 Å². The van der Waals surface area contributed by atoms with Crippen LogP contribution in [0, 0.1) is 29.5 Å². The summed E-state index contributed by atoms with van der Waals surface area (Å²) in [5.41, 5.74) is 2.41. The Kier molecular flexibility index (Phi) is 8.15. The summed E-state index contributed by atoms with van der Waals surface area (Å²) in [5.74, 6) is -6.34. The van der Waals surface area contributed by atoms with Gasteiger partial charge < -0.3 is 14.6 Å². The summed E-state index contributed by atoms with van der Waals surface area (Å²) in [6.07, 6.45) is 6.74. The van der Waals surface area contributed by atoms with Gasteiger partial charge in [-0.1, -0.05) is 48.6 Å². The molecule has 3 aromatic carbocycles. The summed E-state index contributed by atoms with van der Waals surface area (Å²) >= 11 is 14.8. The molecule has 2 aliphatic carbocycles. The van der Waals surface area contributed by atoms with Crippen molar-refractivity contribution >= 4 is 70.4 Å². The second-order valence-corrected chi connectivity index (χ2v) is 14.0. The molecule has 0 bridgehead atoms. The van der Waals surface area contributed by atoms with E-state index in [4.69, 9.17) is 32.7 Å². The minimum absolute atomic E-state index is 0.0858. The fourth-order valence-electron chi connectivity index (χ4n) is 7.88. The van der Waals surface area contributed by atoms with E-state index in [0.29, 0.717) is 16.8 Å². The number of aromatic hydroxyl groups is 1. The lowest BCUT2D eigenvalue weighted by molar-refractivity contribution is -0.125. The summed E-state index contributed by atoms with van der Waals surface area (Å²) in [6.45, 7) is 3.75. The standard InChI is InChI=1S/C38H31Cl2FN2O7/c1-4-20-5-10-23(11-6-20)42-33(45)26-15-14-25-27(31(26)34(42)46)19-37(39)35(47)43(24-12-8-22(41)9-13-24)36(48)38(37,40)28(25)16-7-21-17-29(49-2)32(44)30(18-21)50-3/h4-14,16-18,26-28,31,44H,1,15,19H2,2-3H3. The largest absolute Gasteiger partial charge is 0.502 e. The van der Waals surface area contributed by atoms with Gasteiger partial charge in [-0.25, -0.2) is 9.29 Å². The van der Waals surface area contributed by atoms with Crippen molar-refractivity contribution in [2.75, 3.05) is 24.0 Å². The minimum atomic E-state index is -2.08. The summed E-state index contributed by atoms with van der Waals surface area (Å²) < 4.78 is 24.5. The number of hydrogen-bond donors (Lipinski definition) is 1. The van der Waals surface area contributed by atoms with Gasteiger partial charge in [-0.3, -0.25) is 24.1 Å². The summed E-state index contributed by atoms with van der Waals surface area (Å²) in [5, 5.41) is 10.5. The molecule has 256 valence electrons. The van der Waals surface area contributed by atoms with Gasteiger partial charge in [0.15, 0.2) is 21.2 Å². The van der Waals surface area contributed by atoms with E-state index in [1.54, 1.807) is 54.6 Å². The van der Waals surface area contributed by atoms with Gasteiger partial charge in [0.1, 0.15) is 5.82 Å². The van der Waals surface area contributed by atoms with Crippen LogP contribution in [0.2, 0.25) is 0 Å². The van der Waals surface area contributed by atoms with Crippen LogP contribution in [0.5, 0.6) is 17.2 Å². The van der Waals surface area contributed by atoms with Gasteiger partial charge in [0.2, 0.25) is 17.6 Å². The Balaban J connectivity index is 1.36. The number of halogens is 3. The van der Waals surface area contributed by atoms with E-state index in [1.165, 1.54) is 31.3 Å². The van der Waals surface area contributed by atoms with Gasteiger partial charge in [-0.2, -0.15) is 0 Å². The quantitative estimate of drug-likeness (QED) is 0.169. The fraction of sp³-hybridized carbons (Fsp3) is 0.263. The van der Waals surface area contributed by atoms with Crippen molar-refractivity contribution in [3.63, 3.8) is 0 Å². The molecular weight excluding hydrogens is 686 g/mol. The SMILES string of the molecule is C=Cc1ccc(N2C(=O)C3CC=C4C(CC5(Cl)C(=O)N(c6ccc(F)cc6)C(=O)C5(Cl)C4C=Cc4cc(OC)c(O)c(OC)c4)C3C2=O)cc1. The topological polar surface area (TPSA) is 113 Å². The third-order valence-electron chi connectivity index (χ3n) is 10.3. The number of nitrogens with zero attached hydrogens (tertiary/aromatic N) is 2. The van der Waals surface area contributed by atoms with E-state index in [-0.39, 0.29) is 41.7 Å². The Morgan fingerprint density at radius 1 is 0.860 bits per heavy atom. The molecule has 3 aromatic rings. The first-order valence-corrected chi connectivity index (χ1v) is 16.6. The van der Waals surface area contributed by atoms with Crippen LogP contribution in [0.4, 0.5) is 15.8 Å². The number of phenolic OH excluding ortho intramolecular Hbond substituents is 1. The van der Waals surface area contributed by atoms with Gasteiger partial charge in [0, 0.05) is 5.92 Å². The van der Waals surface area contributed by atoms with Crippen LogP contribution >= 0.6 is 23.2 Å². The third-order valence-corrected chi connectivity index (χ3v) is 11.8. The molecule has 50 heavy (non-hydrogen) atoms. The number of imide groups is 2. The number of carbonyl (C=O) groups excluding carboxylic acids is 4. The van der Waals surface area contributed by atoms with Crippen LogP contribution in [0.1, 0.15) is 24.0 Å². The van der Waals surface area contributed by atoms with E-state index in [9.17, 15) is 28.7 Å². The number of benzene rings is 3. The first-order chi connectivity index (χ1) is 23.9. The molecule has 7 rings (SSSR count). The van der Waals surface area contributed by atoms with Crippen molar-refractivity contribution < 1.29 is 38.1 Å². The molecule has 0 radical (unpaired) electrons. The van der Waals surface area contributed by atoms with Crippen LogP contribution in [0.3, 0.4) is 0 Å². The smallest absolute Gasteiger partial charge is 0.258 e. The van der Waals surface area contributed by atoms with Crippen molar-refractivity contribution in [2.24, 2.45) is 23.7 Å². The van der Waals surface area contributed by atoms with Crippen molar-refractivity contribution in [3.05, 3.63) is 102 Å². The van der Waals surface area contributed by atoms with Crippen molar-refractivity contribution in [1.29, 1.82) is 0 Å². The lowest BCUT2D eigenvalue weighted by Crippen LogP contribution is -2.60. The molecule has 1 saturated carbocycles. The van der Waals surface area contributed by atoms with E-state index in [0.717, 1.165) is 22.6 Å². The zero-order valence-electron chi connectivity index (χ0n) is 26.9. The summed E-state index contributed by atoms with van der Waals surface area (Å²) in [6, 6.07) is 14.8. The minimum Gasteiger partial charge on any atom is -0.502 e. The van der Waals surface area contributed by atoms with Crippen LogP contribution < -0.4 is 19.3 Å². The molecule has 2 heterocycles. The average Bonchev–Trinajstić information content (AvgIpc) is 3.46. The Bertz CT molecular complexity index is 2010. The van der Waals surface area contributed by atoms with Crippen LogP contribution in [0.15, 0.2) is 85.0 Å². The molecule has 12 heteroatoms. The number of methoxy groups -OCH3 is 2. The fourth-order valence-corrected chi connectivity index (χ4v) is 8.77. The predicted molar refractivity (Wildman–Crippen MR) is 187 cm³/mol. The number of fused-ring (bicyclic) bond motifs is 4. The number of anilines is 2.